The SMILES string of the molecule is Cc1[nH]ccc1C(=O)Nc1ccc2nc(-c3ccccn3)[nH]c2c1. The molecule has 0 aliphatic carbocycles. The molecule has 6 nitrogen and oxygen atoms in total. The monoisotopic (exact) mass is 317 g/mol. The molecule has 0 aliphatic heterocycles. The van der Waals surface area contributed by atoms with Crippen LogP contribution < -0.4 is 5.32 Å². The second-order valence-electron chi connectivity index (χ2n) is 5.50. The molecule has 0 radical (unpaired) electrons. The van der Waals surface area contributed by atoms with Crippen LogP contribution in [0.1, 0.15) is 16.1 Å². The summed E-state index contributed by atoms with van der Waals surface area (Å²) in [6.07, 6.45) is 3.48. The number of carbonyl (C=O) groups excluding carboxylic acids is 1. The van der Waals surface area contributed by atoms with Crippen molar-refractivity contribution in [3.8, 4) is 11.5 Å². The Morgan fingerprint density at radius 3 is 2.83 bits per heavy atom. The number of rotatable bonds is 3. The van der Waals surface area contributed by atoms with Gasteiger partial charge in [-0.05, 0) is 43.3 Å². The summed E-state index contributed by atoms with van der Waals surface area (Å²) in [4.78, 5) is 27.4. The number of benzene rings is 1. The van der Waals surface area contributed by atoms with E-state index in [1.165, 1.54) is 0 Å². The number of hydrogen-bond donors (Lipinski definition) is 3. The van der Waals surface area contributed by atoms with Gasteiger partial charge in [0.1, 0.15) is 5.69 Å². The zero-order valence-electron chi connectivity index (χ0n) is 13.0. The van der Waals surface area contributed by atoms with Crippen molar-refractivity contribution >= 4 is 22.6 Å². The van der Waals surface area contributed by atoms with Crippen LogP contribution in [0.5, 0.6) is 0 Å². The summed E-state index contributed by atoms with van der Waals surface area (Å²) in [6, 6.07) is 13.0. The Balaban J connectivity index is 1.64. The third kappa shape index (κ3) is 2.54. The number of aryl methyl sites for hydroxylation is 1. The molecular formula is C18H15N5O. The molecule has 24 heavy (non-hydrogen) atoms. The van der Waals surface area contributed by atoms with Gasteiger partial charge in [0.2, 0.25) is 0 Å². The van der Waals surface area contributed by atoms with Gasteiger partial charge in [0.05, 0.1) is 16.6 Å². The lowest BCUT2D eigenvalue weighted by atomic mass is 10.2. The molecule has 0 aliphatic rings. The zero-order valence-corrected chi connectivity index (χ0v) is 13.0. The lowest BCUT2D eigenvalue weighted by molar-refractivity contribution is 0.102. The molecule has 1 aromatic carbocycles. The van der Waals surface area contributed by atoms with E-state index in [9.17, 15) is 4.79 Å². The molecule has 4 rings (SSSR count). The predicted octanol–water partition coefficient (Wildman–Crippen LogP) is 3.51. The highest BCUT2D eigenvalue weighted by molar-refractivity contribution is 6.05. The summed E-state index contributed by atoms with van der Waals surface area (Å²) in [7, 11) is 0. The van der Waals surface area contributed by atoms with E-state index >= 15 is 0 Å². The number of hydrogen-bond acceptors (Lipinski definition) is 3. The van der Waals surface area contributed by atoms with Gasteiger partial charge in [-0.25, -0.2) is 4.98 Å². The van der Waals surface area contributed by atoms with Gasteiger partial charge in [-0.2, -0.15) is 0 Å². The standard InChI is InChI=1S/C18H15N5O/c1-11-13(7-9-19-11)18(24)21-12-5-6-14-16(10-12)23-17(22-14)15-4-2-3-8-20-15/h2-10,19H,1H3,(H,21,24)(H,22,23). The molecule has 0 fully saturated rings. The molecule has 4 aromatic rings. The molecule has 1 amide bonds. The van der Waals surface area contributed by atoms with Crippen LogP contribution >= 0.6 is 0 Å². The molecule has 0 atom stereocenters. The topological polar surface area (TPSA) is 86.5 Å². The van der Waals surface area contributed by atoms with Gasteiger partial charge in [-0.15, -0.1) is 0 Å². The average Bonchev–Trinajstić information content (AvgIpc) is 3.21. The second-order valence-corrected chi connectivity index (χ2v) is 5.50. The Bertz CT molecular complexity index is 1020. The number of aromatic amines is 2. The summed E-state index contributed by atoms with van der Waals surface area (Å²) < 4.78 is 0. The minimum atomic E-state index is -0.141. The van der Waals surface area contributed by atoms with Crippen molar-refractivity contribution in [2.75, 3.05) is 5.32 Å². The fourth-order valence-corrected chi connectivity index (χ4v) is 2.61. The summed E-state index contributed by atoms with van der Waals surface area (Å²) in [6.45, 7) is 1.87. The first-order chi connectivity index (χ1) is 11.7. The van der Waals surface area contributed by atoms with Gasteiger partial charge in [0.15, 0.2) is 5.82 Å². The predicted molar refractivity (Wildman–Crippen MR) is 92.8 cm³/mol. The van der Waals surface area contributed by atoms with Crippen LogP contribution in [0.2, 0.25) is 0 Å². The van der Waals surface area contributed by atoms with Crippen LogP contribution in [0.25, 0.3) is 22.6 Å². The van der Waals surface area contributed by atoms with Crippen LogP contribution in [0.4, 0.5) is 5.69 Å². The van der Waals surface area contributed by atoms with E-state index in [1.54, 1.807) is 18.5 Å². The van der Waals surface area contributed by atoms with E-state index in [-0.39, 0.29) is 5.91 Å². The van der Waals surface area contributed by atoms with Crippen LogP contribution in [0.3, 0.4) is 0 Å². The van der Waals surface area contributed by atoms with Crippen molar-refractivity contribution < 1.29 is 4.79 Å². The van der Waals surface area contributed by atoms with Gasteiger partial charge in [0.25, 0.3) is 5.91 Å². The number of pyridine rings is 1. The summed E-state index contributed by atoms with van der Waals surface area (Å²) in [5.74, 6) is 0.563. The highest BCUT2D eigenvalue weighted by atomic mass is 16.1. The molecule has 118 valence electrons. The molecule has 3 N–H and O–H groups in total. The molecule has 0 spiro atoms. The summed E-state index contributed by atoms with van der Waals surface area (Å²) in [5.41, 5.74) is 4.64. The number of H-pyrrole nitrogens is 2. The second kappa shape index (κ2) is 5.66. The van der Waals surface area contributed by atoms with Crippen LogP contribution in [-0.2, 0) is 0 Å². The van der Waals surface area contributed by atoms with Crippen molar-refractivity contribution in [2.45, 2.75) is 6.92 Å². The molecule has 3 aromatic heterocycles. The lowest BCUT2D eigenvalue weighted by Gasteiger charge is -2.04. The van der Waals surface area contributed by atoms with E-state index in [0.717, 1.165) is 22.4 Å². The molecule has 0 bridgehead atoms. The number of fused-ring (bicyclic) bond motifs is 1. The van der Waals surface area contributed by atoms with E-state index in [0.29, 0.717) is 17.1 Å². The number of aromatic nitrogens is 4. The van der Waals surface area contributed by atoms with Gasteiger partial charge >= 0.3 is 0 Å². The van der Waals surface area contributed by atoms with Crippen molar-refractivity contribution in [2.24, 2.45) is 0 Å². The van der Waals surface area contributed by atoms with E-state index in [4.69, 9.17) is 0 Å². The maximum absolute atomic E-state index is 12.3. The van der Waals surface area contributed by atoms with Crippen LogP contribution in [-0.4, -0.2) is 25.8 Å². The van der Waals surface area contributed by atoms with Gasteiger partial charge in [-0.1, -0.05) is 6.07 Å². The Morgan fingerprint density at radius 1 is 1.17 bits per heavy atom. The minimum Gasteiger partial charge on any atom is -0.365 e. The number of amides is 1. The van der Waals surface area contributed by atoms with Crippen molar-refractivity contribution in [3.05, 3.63) is 66.1 Å². The third-order valence-electron chi connectivity index (χ3n) is 3.85. The number of nitrogens with one attached hydrogen (secondary N) is 3. The summed E-state index contributed by atoms with van der Waals surface area (Å²) in [5, 5.41) is 2.90. The normalized spacial score (nSPS) is 10.9. The molecular weight excluding hydrogens is 302 g/mol. The maximum Gasteiger partial charge on any atom is 0.257 e. The van der Waals surface area contributed by atoms with E-state index < -0.39 is 0 Å². The number of carbonyl (C=O) groups is 1. The number of nitrogens with zero attached hydrogens (tertiary/aromatic N) is 2. The quantitative estimate of drug-likeness (QED) is 0.540. The van der Waals surface area contributed by atoms with E-state index in [2.05, 4.69) is 25.3 Å². The highest BCUT2D eigenvalue weighted by Crippen LogP contribution is 2.22. The van der Waals surface area contributed by atoms with Crippen LogP contribution in [0, 0.1) is 6.92 Å². The fraction of sp³-hybridized carbons (Fsp3) is 0.0556. The van der Waals surface area contributed by atoms with Crippen molar-refractivity contribution in [1.82, 2.24) is 19.9 Å². The maximum atomic E-state index is 12.3. The Kier molecular flexibility index (Phi) is 3.35. The first kappa shape index (κ1) is 14.2. The highest BCUT2D eigenvalue weighted by Gasteiger charge is 2.11. The average molecular weight is 317 g/mol. The number of imidazole rings is 1. The molecule has 0 saturated carbocycles. The Hall–Kier alpha value is -3.41. The summed E-state index contributed by atoms with van der Waals surface area (Å²) >= 11 is 0. The van der Waals surface area contributed by atoms with Crippen molar-refractivity contribution in [1.29, 1.82) is 0 Å². The molecule has 3 heterocycles. The van der Waals surface area contributed by atoms with Gasteiger partial charge in [0, 0.05) is 23.8 Å². The smallest absolute Gasteiger partial charge is 0.257 e. The molecule has 0 saturated heterocycles. The van der Waals surface area contributed by atoms with Gasteiger partial charge in [-0.3, -0.25) is 9.78 Å². The lowest BCUT2D eigenvalue weighted by Crippen LogP contribution is -2.12. The zero-order chi connectivity index (χ0) is 16.5. The minimum absolute atomic E-state index is 0.141. The van der Waals surface area contributed by atoms with Crippen molar-refractivity contribution in [3.63, 3.8) is 0 Å². The molecule has 6 heteroatoms. The fourth-order valence-electron chi connectivity index (χ4n) is 2.61. The largest absolute Gasteiger partial charge is 0.365 e. The van der Waals surface area contributed by atoms with E-state index in [1.807, 2.05) is 43.3 Å². The van der Waals surface area contributed by atoms with Gasteiger partial charge < -0.3 is 15.3 Å². The molecule has 0 unspecified atom stereocenters. The Labute approximate surface area is 138 Å². The Morgan fingerprint density at radius 2 is 2.08 bits per heavy atom. The number of anilines is 1. The first-order valence-corrected chi connectivity index (χ1v) is 7.57. The first-order valence-electron chi connectivity index (χ1n) is 7.57. The third-order valence-corrected chi connectivity index (χ3v) is 3.85. The van der Waals surface area contributed by atoms with Crippen LogP contribution in [0.15, 0.2) is 54.9 Å².